The Bertz CT molecular complexity index is 155. The first-order valence-electron chi connectivity index (χ1n) is 3.33. The van der Waals surface area contributed by atoms with E-state index >= 15 is 0 Å². The fourth-order valence-electron chi connectivity index (χ4n) is 0.176. The molecule has 0 N–H and O–H groups in total. The Balaban J connectivity index is 0. The number of carbonyl (C=O) groups excluding carboxylic acids is 2. The van der Waals surface area contributed by atoms with Gasteiger partial charge in [-0.05, 0) is 0 Å². The van der Waals surface area contributed by atoms with Crippen molar-refractivity contribution in [2.45, 2.75) is 13.8 Å². The molecule has 12 heavy (non-hydrogen) atoms. The minimum absolute atomic E-state index is 0.184. The summed E-state index contributed by atoms with van der Waals surface area (Å²) in [4.78, 5) is 19.6. The Kier molecular flexibility index (Phi) is 11.1. The molecular formula is C7H14O4Si. The first-order chi connectivity index (χ1) is 5.54. The molecule has 0 radical (unpaired) electrons. The predicted molar refractivity (Wildman–Crippen MR) is 48.5 cm³/mol. The molecule has 4 nitrogen and oxygen atoms in total. The maximum Gasteiger partial charge on any atom is 0.302 e. The third kappa shape index (κ3) is 23.1. The van der Waals surface area contributed by atoms with E-state index < -0.39 is 0 Å². The largest absolute Gasteiger partial charge is 0.529 e. The van der Waals surface area contributed by atoms with Crippen LogP contribution in [0.1, 0.15) is 13.8 Å². The van der Waals surface area contributed by atoms with Crippen LogP contribution >= 0.6 is 0 Å². The topological polar surface area (TPSA) is 52.6 Å². The summed E-state index contributed by atoms with van der Waals surface area (Å²) in [6.07, 6.45) is 1.53. The van der Waals surface area contributed by atoms with Crippen molar-refractivity contribution in [2.24, 2.45) is 0 Å². The molecule has 0 aromatic rings. The van der Waals surface area contributed by atoms with Gasteiger partial charge in [0.15, 0.2) is 0 Å². The van der Waals surface area contributed by atoms with E-state index in [1.165, 1.54) is 19.9 Å². The minimum Gasteiger partial charge on any atom is -0.529 e. The van der Waals surface area contributed by atoms with Gasteiger partial charge in [0.25, 0.3) is 5.97 Å². The third-order valence-corrected chi connectivity index (χ3v) is 1.27. The normalized spacial score (nSPS) is 7.50. The average Bonchev–Trinajstić information content (AvgIpc) is 2.02. The van der Waals surface area contributed by atoms with Gasteiger partial charge in [-0.25, -0.2) is 0 Å². The Morgan fingerprint density at radius 2 is 1.83 bits per heavy atom. The van der Waals surface area contributed by atoms with E-state index in [1.807, 2.05) is 0 Å². The van der Waals surface area contributed by atoms with E-state index in [2.05, 4.69) is 15.7 Å². The van der Waals surface area contributed by atoms with Crippen LogP contribution in [-0.2, 0) is 18.8 Å². The van der Waals surface area contributed by atoms with Crippen LogP contribution < -0.4 is 0 Å². The molecular weight excluding hydrogens is 176 g/mol. The molecule has 0 fully saturated rings. The third-order valence-electron chi connectivity index (χ3n) is 0.692. The van der Waals surface area contributed by atoms with Crippen LogP contribution in [-0.4, -0.2) is 29.0 Å². The lowest BCUT2D eigenvalue weighted by atomic mass is 10.7. The quantitative estimate of drug-likeness (QED) is 0.337. The highest BCUT2D eigenvalue weighted by Gasteiger charge is 1.83. The van der Waals surface area contributed by atoms with Gasteiger partial charge in [0.05, 0.1) is 0 Å². The molecule has 5 heteroatoms. The Morgan fingerprint density at radius 3 is 1.92 bits per heavy atom. The molecule has 0 aliphatic heterocycles. The van der Waals surface area contributed by atoms with Gasteiger partial charge in [-0.3, -0.25) is 9.59 Å². The van der Waals surface area contributed by atoms with Crippen molar-refractivity contribution in [1.82, 2.24) is 0 Å². The lowest BCUT2D eigenvalue weighted by Crippen LogP contribution is -1.96. The monoisotopic (exact) mass is 190 g/mol. The van der Waals surface area contributed by atoms with Crippen LogP contribution in [0.15, 0.2) is 12.7 Å². The van der Waals surface area contributed by atoms with Gasteiger partial charge >= 0.3 is 5.97 Å². The van der Waals surface area contributed by atoms with E-state index in [9.17, 15) is 9.59 Å². The van der Waals surface area contributed by atoms with E-state index in [0.29, 0.717) is 17.1 Å². The molecule has 0 saturated heterocycles. The summed E-state index contributed by atoms with van der Waals surface area (Å²) in [7, 11) is 0.524. The molecule has 0 bridgehead atoms. The van der Waals surface area contributed by atoms with Crippen LogP contribution in [0.2, 0.25) is 0 Å². The first kappa shape index (κ1) is 13.5. The zero-order chi connectivity index (χ0) is 9.98. The van der Waals surface area contributed by atoms with Crippen LogP contribution in [0.3, 0.4) is 0 Å². The number of esters is 1. The second-order valence-corrected chi connectivity index (χ2v) is 2.20. The lowest BCUT2D eigenvalue weighted by Gasteiger charge is -1.90. The predicted octanol–water partition coefficient (Wildman–Crippen LogP) is -0.435. The summed E-state index contributed by atoms with van der Waals surface area (Å²) in [5.41, 5.74) is 0. The van der Waals surface area contributed by atoms with Gasteiger partial charge in [0, 0.05) is 13.8 Å². The fourth-order valence-corrected chi connectivity index (χ4v) is 0.176. The van der Waals surface area contributed by atoms with Crippen molar-refractivity contribution in [2.75, 3.05) is 6.61 Å². The second kappa shape index (κ2) is 9.90. The smallest absolute Gasteiger partial charge is 0.302 e. The average molecular weight is 190 g/mol. The van der Waals surface area contributed by atoms with Gasteiger partial charge in [-0.1, -0.05) is 12.7 Å². The van der Waals surface area contributed by atoms with Gasteiger partial charge in [0.2, 0.25) is 10.5 Å². The highest BCUT2D eigenvalue weighted by molar-refractivity contribution is 6.04. The second-order valence-electron chi connectivity index (χ2n) is 1.79. The van der Waals surface area contributed by atoms with Gasteiger partial charge < -0.3 is 9.16 Å². The van der Waals surface area contributed by atoms with Crippen molar-refractivity contribution in [3.8, 4) is 0 Å². The van der Waals surface area contributed by atoms with Crippen LogP contribution in [0, 0.1) is 0 Å². The number of rotatable bonds is 2. The summed E-state index contributed by atoms with van der Waals surface area (Å²) >= 11 is 0. The molecule has 0 aromatic heterocycles. The summed E-state index contributed by atoms with van der Waals surface area (Å²) in [6.45, 7) is 6.43. The van der Waals surface area contributed by atoms with E-state index in [1.54, 1.807) is 0 Å². The number of carbonyl (C=O) groups is 2. The summed E-state index contributed by atoms with van der Waals surface area (Å²) in [6, 6.07) is 0. The maximum absolute atomic E-state index is 9.93. The molecule has 0 unspecified atom stereocenters. The molecule has 0 spiro atoms. The first-order valence-corrected chi connectivity index (χ1v) is 4.15. The van der Waals surface area contributed by atoms with Crippen LogP contribution in [0.5, 0.6) is 0 Å². The molecule has 0 rings (SSSR count). The van der Waals surface area contributed by atoms with Gasteiger partial charge in [-0.2, -0.15) is 0 Å². The highest BCUT2D eigenvalue weighted by atomic mass is 28.2. The molecule has 0 atom stereocenters. The number of ether oxygens (including phenoxy) is 1. The van der Waals surface area contributed by atoms with E-state index in [-0.39, 0.29) is 11.9 Å². The SMILES string of the molecule is C=CCOC(C)=O.CC(=O)O[SiH3]. The zero-order valence-corrected chi connectivity index (χ0v) is 9.62. The van der Waals surface area contributed by atoms with E-state index in [4.69, 9.17) is 0 Å². The number of hydrogen-bond acceptors (Lipinski definition) is 4. The Labute approximate surface area is 75.1 Å². The van der Waals surface area contributed by atoms with Gasteiger partial charge in [0.1, 0.15) is 6.61 Å². The standard InChI is InChI=1S/C5H8O2.C2H6O2Si/c1-3-4-7-5(2)6;1-2(3)4-5/h3H,1,4H2,2H3;1,5H3. The molecule has 0 aliphatic carbocycles. The molecule has 0 heterocycles. The summed E-state index contributed by atoms with van der Waals surface area (Å²) in [5.74, 6) is -0.448. The number of hydrogen-bond donors (Lipinski definition) is 0. The van der Waals surface area contributed by atoms with Crippen molar-refractivity contribution >= 4 is 22.4 Å². The van der Waals surface area contributed by atoms with Crippen molar-refractivity contribution < 1.29 is 18.8 Å². The van der Waals surface area contributed by atoms with Crippen LogP contribution in [0.25, 0.3) is 0 Å². The highest BCUT2D eigenvalue weighted by Crippen LogP contribution is 1.73. The van der Waals surface area contributed by atoms with Crippen molar-refractivity contribution in [3.63, 3.8) is 0 Å². The van der Waals surface area contributed by atoms with Crippen molar-refractivity contribution in [3.05, 3.63) is 12.7 Å². The summed E-state index contributed by atoms with van der Waals surface area (Å²) in [5, 5.41) is 0. The van der Waals surface area contributed by atoms with Gasteiger partial charge in [-0.15, -0.1) is 0 Å². The maximum atomic E-state index is 9.93. The molecule has 0 aromatic carbocycles. The fraction of sp³-hybridized carbons (Fsp3) is 0.429. The van der Waals surface area contributed by atoms with E-state index in [0.717, 1.165) is 0 Å². The molecule has 0 amide bonds. The molecule has 70 valence electrons. The lowest BCUT2D eigenvalue weighted by molar-refractivity contribution is -0.139. The molecule has 0 saturated carbocycles. The van der Waals surface area contributed by atoms with Crippen molar-refractivity contribution in [1.29, 1.82) is 0 Å². The Morgan fingerprint density at radius 1 is 1.42 bits per heavy atom. The van der Waals surface area contributed by atoms with Crippen LogP contribution in [0.4, 0.5) is 0 Å². The minimum atomic E-state index is -0.264. The molecule has 0 aliphatic rings. The summed E-state index contributed by atoms with van der Waals surface area (Å²) < 4.78 is 8.68. The Hall–Kier alpha value is -1.10. The zero-order valence-electron chi connectivity index (χ0n) is 7.62.